The van der Waals surface area contributed by atoms with Gasteiger partial charge in [-0.3, -0.25) is 14.2 Å². The number of rotatable bonds is 19. The Morgan fingerprint density at radius 3 is 2.08 bits per heavy atom. The minimum absolute atomic E-state index is 0.0666. The van der Waals surface area contributed by atoms with Gasteiger partial charge < -0.3 is 42.8 Å². The first-order valence-corrected chi connectivity index (χ1v) is 23.4. The number of ether oxygens (including phenoxy) is 8. The predicted octanol–water partition coefficient (Wildman–Crippen LogP) is 7.47. The number of likely N-dealkylation sites (tertiary alicyclic amines) is 1. The number of aryl methyl sites for hydroxylation is 2. The van der Waals surface area contributed by atoms with Crippen LogP contribution in [0.5, 0.6) is 34.5 Å². The molecule has 65 heavy (non-hydrogen) atoms. The molecule has 354 valence electrons. The minimum atomic E-state index is -4.02. The highest BCUT2D eigenvalue weighted by Gasteiger charge is 2.38. The van der Waals surface area contributed by atoms with Crippen LogP contribution < -0.4 is 28.4 Å². The van der Waals surface area contributed by atoms with Crippen LogP contribution in [0.4, 0.5) is 0 Å². The van der Waals surface area contributed by atoms with E-state index in [0.717, 1.165) is 67.9 Å². The van der Waals surface area contributed by atoms with Gasteiger partial charge in [0.2, 0.25) is 11.7 Å². The normalized spacial score (nSPS) is 16.2. The van der Waals surface area contributed by atoms with Gasteiger partial charge in [0, 0.05) is 26.2 Å². The van der Waals surface area contributed by atoms with Gasteiger partial charge in [-0.15, -0.1) is 0 Å². The highest BCUT2D eigenvalue weighted by molar-refractivity contribution is 7.85. The molecule has 0 aliphatic carbocycles. The van der Waals surface area contributed by atoms with E-state index in [1.807, 2.05) is 68.4 Å². The second kappa shape index (κ2) is 24.7. The molecule has 0 bridgehead atoms. The molecule has 0 saturated carbocycles. The highest BCUT2D eigenvalue weighted by atomic mass is 32.2. The van der Waals surface area contributed by atoms with Gasteiger partial charge in [0.1, 0.15) is 24.5 Å². The second-order valence-electron chi connectivity index (χ2n) is 15.8. The molecule has 0 aromatic heterocycles. The lowest BCUT2D eigenvalue weighted by Gasteiger charge is -2.37. The van der Waals surface area contributed by atoms with E-state index in [0.29, 0.717) is 73.3 Å². The van der Waals surface area contributed by atoms with Crippen LogP contribution in [0, 0.1) is 6.92 Å². The zero-order valence-electron chi connectivity index (χ0n) is 38.6. The summed E-state index contributed by atoms with van der Waals surface area (Å²) < 4.78 is 75.3. The molecular weight excluding hydrogens is 857 g/mol. The maximum absolute atomic E-state index is 14.4. The van der Waals surface area contributed by atoms with Crippen LogP contribution in [-0.4, -0.2) is 122 Å². The van der Waals surface area contributed by atoms with Crippen molar-refractivity contribution in [2.45, 2.75) is 75.3 Å². The lowest BCUT2D eigenvalue weighted by atomic mass is 9.91. The minimum Gasteiger partial charge on any atom is -0.493 e. The average Bonchev–Trinajstić information content (AvgIpc) is 3.32. The molecule has 3 atom stereocenters. The summed E-state index contributed by atoms with van der Waals surface area (Å²) in [6, 6.07) is 22.5. The fourth-order valence-corrected chi connectivity index (χ4v) is 8.45. The smallest absolute Gasteiger partial charge is 0.329 e. The number of piperidine rings is 1. The van der Waals surface area contributed by atoms with Crippen LogP contribution in [0.2, 0.25) is 0 Å². The molecule has 2 aliphatic heterocycles. The topological polar surface area (TPSA) is 169 Å². The Hall–Kier alpha value is -5.55. The van der Waals surface area contributed by atoms with E-state index in [-0.39, 0.29) is 10.8 Å². The lowest BCUT2D eigenvalue weighted by molar-refractivity contribution is -0.162. The van der Waals surface area contributed by atoms with Crippen molar-refractivity contribution in [2.75, 3.05) is 81.5 Å². The number of hydrogen-bond acceptors (Lipinski definition) is 13. The first kappa shape index (κ1) is 50.4. The average molecular weight is 921 g/mol. The summed E-state index contributed by atoms with van der Waals surface area (Å²) in [7, 11) is 3.84. The summed E-state index contributed by atoms with van der Waals surface area (Å²) in [5, 5.41) is 0. The molecule has 0 spiro atoms. The molecule has 1 N–H and O–H groups in total. The molecule has 16 heteroatoms. The number of amides is 1. The zero-order valence-corrected chi connectivity index (χ0v) is 39.4. The van der Waals surface area contributed by atoms with E-state index in [9.17, 15) is 18.0 Å². The standard InChI is InChI=1S/C42H56N2O10.C7H8O3S/c1-7-33(31-27-38(49-4)40(51-6)39(28-31)50-5)41(45)44-18-9-8-13-34(44)42(46)54-35(16-14-29-15-17-36(47-2)37(25-29)48-3)30-11-10-12-32(26-30)53-24-21-43-19-22-52-23-20-43;1-6-2-4-7(5-3-6)11(8,9)10/h10-12,15,17,25-28,33-35H,7-9,13-14,16,18-24H2,1-6H3;2-5H,1H3,(H,8,9,10)/t33-,34-,35+;/m0./s1. The van der Waals surface area contributed by atoms with Gasteiger partial charge in [-0.05, 0) is 111 Å². The van der Waals surface area contributed by atoms with E-state index < -0.39 is 34.2 Å². The Kier molecular flexibility index (Phi) is 19.1. The number of morpholine rings is 1. The van der Waals surface area contributed by atoms with Crippen molar-refractivity contribution >= 4 is 22.0 Å². The van der Waals surface area contributed by atoms with E-state index >= 15 is 0 Å². The quantitative estimate of drug-likeness (QED) is 0.0726. The number of hydrogen-bond donors (Lipinski definition) is 1. The van der Waals surface area contributed by atoms with E-state index in [2.05, 4.69) is 4.90 Å². The maximum Gasteiger partial charge on any atom is 0.329 e. The third-order valence-corrected chi connectivity index (χ3v) is 12.5. The van der Waals surface area contributed by atoms with E-state index in [1.165, 1.54) is 12.1 Å². The Labute approximate surface area is 383 Å². The van der Waals surface area contributed by atoms with Crippen LogP contribution in [-0.2, 0) is 35.6 Å². The van der Waals surface area contributed by atoms with Gasteiger partial charge in [0.15, 0.2) is 23.0 Å². The molecule has 6 rings (SSSR count). The molecule has 2 fully saturated rings. The van der Waals surface area contributed by atoms with Crippen molar-refractivity contribution in [3.63, 3.8) is 0 Å². The number of benzene rings is 4. The van der Waals surface area contributed by atoms with E-state index in [4.69, 9.17) is 42.4 Å². The molecule has 2 aliphatic rings. The van der Waals surface area contributed by atoms with Crippen molar-refractivity contribution < 1.29 is 60.5 Å². The summed E-state index contributed by atoms with van der Waals surface area (Å²) in [6.07, 6.45) is 3.16. The van der Waals surface area contributed by atoms with Crippen molar-refractivity contribution in [3.05, 3.63) is 101 Å². The van der Waals surface area contributed by atoms with Crippen LogP contribution >= 0.6 is 0 Å². The monoisotopic (exact) mass is 920 g/mol. The maximum atomic E-state index is 14.4. The number of esters is 1. The predicted molar refractivity (Wildman–Crippen MR) is 245 cm³/mol. The fraction of sp³-hybridized carbons (Fsp3) is 0.469. The summed E-state index contributed by atoms with van der Waals surface area (Å²) in [5.41, 5.74) is 3.52. The van der Waals surface area contributed by atoms with E-state index in [1.54, 1.807) is 52.6 Å². The van der Waals surface area contributed by atoms with Crippen molar-refractivity contribution in [3.8, 4) is 34.5 Å². The molecule has 2 saturated heterocycles. The third kappa shape index (κ3) is 14.0. The number of nitrogens with zero attached hydrogens (tertiary/aromatic N) is 2. The van der Waals surface area contributed by atoms with Crippen LogP contribution in [0.25, 0.3) is 0 Å². The van der Waals surface area contributed by atoms with Gasteiger partial charge in [0.25, 0.3) is 10.1 Å². The number of methoxy groups -OCH3 is 5. The number of carbonyl (C=O) groups excluding carboxylic acids is 2. The zero-order chi connectivity index (χ0) is 46.9. The highest BCUT2D eigenvalue weighted by Crippen LogP contribution is 2.41. The number of carbonyl (C=O) groups is 2. The molecule has 1 amide bonds. The molecule has 4 aromatic carbocycles. The van der Waals surface area contributed by atoms with Crippen LogP contribution in [0.1, 0.15) is 73.3 Å². The molecule has 0 radical (unpaired) electrons. The van der Waals surface area contributed by atoms with Crippen molar-refractivity contribution in [1.29, 1.82) is 0 Å². The summed E-state index contributed by atoms with van der Waals surface area (Å²) in [5.74, 6) is 2.30. The van der Waals surface area contributed by atoms with Gasteiger partial charge in [0.05, 0.1) is 59.6 Å². The molecule has 15 nitrogen and oxygen atoms in total. The molecular formula is C49H64N2O13S. The summed E-state index contributed by atoms with van der Waals surface area (Å²) in [6.45, 7) is 8.83. The van der Waals surface area contributed by atoms with Crippen molar-refractivity contribution in [2.24, 2.45) is 0 Å². The van der Waals surface area contributed by atoms with Gasteiger partial charge in [-0.2, -0.15) is 8.42 Å². The van der Waals surface area contributed by atoms with Gasteiger partial charge in [-0.25, -0.2) is 4.79 Å². The van der Waals surface area contributed by atoms with Crippen molar-refractivity contribution in [1.82, 2.24) is 9.80 Å². The Morgan fingerprint density at radius 2 is 1.46 bits per heavy atom. The van der Waals surface area contributed by atoms with Gasteiger partial charge >= 0.3 is 5.97 Å². The largest absolute Gasteiger partial charge is 0.493 e. The molecule has 0 unspecified atom stereocenters. The Bertz CT molecular complexity index is 2240. The first-order chi connectivity index (χ1) is 31.3. The van der Waals surface area contributed by atoms with Crippen LogP contribution in [0.15, 0.2) is 83.8 Å². The molecule has 2 heterocycles. The van der Waals surface area contributed by atoms with Crippen LogP contribution in [0.3, 0.4) is 0 Å². The second-order valence-corrected chi connectivity index (χ2v) is 17.2. The third-order valence-electron chi connectivity index (χ3n) is 11.6. The summed E-state index contributed by atoms with van der Waals surface area (Å²) in [4.78, 5) is 32.7. The Morgan fingerprint density at radius 1 is 0.785 bits per heavy atom. The molecule has 4 aromatic rings. The lowest BCUT2D eigenvalue weighted by Crippen LogP contribution is -2.50. The Balaban J connectivity index is 0.000000630. The fourth-order valence-electron chi connectivity index (χ4n) is 7.97. The first-order valence-electron chi connectivity index (χ1n) is 21.9. The van der Waals surface area contributed by atoms with Gasteiger partial charge in [-0.1, -0.05) is 42.8 Å². The summed E-state index contributed by atoms with van der Waals surface area (Å²) >= 11 is 0. The SMILES string of the molecule is CC[C@H](C(=O)N1CCCC[C@H]1C(=O)O[C@H](CCc1ccc(OC)c(OC)c1)c1cccc(OCCN2CCOCC2)c1)c1cc(OC)c(OC)c(OC)c1.Cc1ccc(S(=O)(=O)O)cc1.